The number of thioether (sulfide) groups is 1. The Morgan fingerprint density at radius 3 is 2.52 bits per heavy atom. The van der Waals surface area contributed by atoms with Crippen molar-refractivity contribution in [2.24, 2.45) is 11.7 Å². The molecule has 8 heteroatoms. The van der Waals surface area contributed by atoms with Gasteiger partial charge in [0.05, 0.1) is 38.4 Å². The van der Waals surface area contributed by atoms with E-state index < -0.39 is 6.04 Å². The van der Waals surface area contributed by atoms with E-state index in [4.69, 9.17) is 10.5 Å². The smallest absolute Gasteiger partial charge is 0.240 e. The van der Waals surface area contributed by atoms with Crippen LogP contribution in [0.4, 0.5) is 0 Å². The van der Waals surface area contributed by atoms with Gasteiger partial charge in [0.25, 0.3) is 0 Å². The largest absolute Gasteiger partial charge is 0.378 e. The normalized spacial score (nSPS) is 28.1. The van der Waals surface area contributed by atoms with Crippen LogP contribution in [0.15, 0.2) is 0 Å². The molecule has 0 aromatic heterocycles. The molecule has 0 bridgehead atoms. The number of carbonyl (C=O) groups is 2. The average Bonchev–Trinajstić information content (AvgIpc) is 2.97. The van der Waals surface area contributed by atoms with Gasteiger partial charge in [-0.05, 0) is 5.92 Å². The summed E-state index contributed by atoms with van der Waals surface area (Å²) in [7, 11) is 0. The predicted molar refractivity (Wildman–Crippen MR) is 88.9 cm³/mol. The van der Waals surface area contributed by atoms with Crippen LogP contribution >= 0.6 is 11.8 Å². The van der Waals surface area contributed by atoms with Crippen LogP contribution in [0.1, 0.15) is 13.8 Å². The van der Waals surface area contributed by atoms with Crippen LogP contribution in [-0.2, 0) is 14.3 Å². The third-order valence-electron chi connectivity index (χ3n) is 4.79. The molecule has 3 rings (SSSR count). The standard InChI is InChI=1S/C15H26N4O3S/c1-10(2)12(16)14(21)19-8-15(9-19)17-11(7-23-15)13(20)18-3-5-22-6-4-18/h10-12,17H,3-9,16H2,1-2H3/t11-,12-/m0/s1. The van der Waals surface area contributed by atoms with Gasteiger partial charge < -0.3 is 20.3 Å². The molecule has 3 heterocycles. The molecule has 0 aromatic rings. The molecular formula is C15H26N4O3S. The number of ether oxygens (including phenoxy) is 1. The van der Waals surface area contributed by atoms with Gasteiger partial charge in [-0.3, -0.25) is 14.9 Å². The minimum atomic E-state index is -0.440. The van der Waals surface area contributed by atoms with Crippen LogP contribution in [-0.4, -0.2) is 83.7 Å². The van der Waals surface area contributed by atoms with E-state index in [2.05, 4.69) is 5.32 Å². The highest BCUT2D eigenvalue weighted by molar-refractivity contribution is 8.01. The van der Waals surface area contributed by atoms with Crippen molar-refractivity contribution < 1.29 is 14.3 Å². The quantitative estimate of drug-likeness (QED) is 0.689. The van der Waals surface area contributed by atoms with E-state index in [1.165, 1.54) is 0 Å². The maximum Gasteiger partial charge on any atom is 0.240 e. The average molecular weight is 342 g/mol. The fourth-order valence-electron chi connectivity index (χ4n) is 3.19. The lowest BCUT2D eigenvalue weighted by Crippen LogP contribution is -2.70. The van der Waals surface area contributed by atoms with E-state index in [0.29, 0.717) is 39.4 Å². The second-order valence-electron chi connectivity index (χ2n) is 6.90. The highest BCUT2D eigenvalue weighted by Crippen LogP contribution is 2.39. The first-order chi connectivity index (χ1) is 10.9. The molecule has 130 valence electrons. The van der Waals surface area contributed by atoms with Gasteiger partial charge in [-0.25, -0.2) is 0 Å². The number of nitrogens with two attached hydrogens (primary N) is 1. The summed E-state index contributed by atoms with van der Waals surface area (Å²) in [6.07, 6.45) is 0. The second-order valence-corrected chi connectivity index (χ2v) is 8.31. The van der Waals surface area contributed by atoms with Gasteiger partial charge >= 0.3 is 0 Å². The van der Waals surface area contributed by atoms with E-state index in [1.54, 1.807) is 16.7 Å². The zero-order valence-corrected chi connectivity index (χ0v) is 14.6. The summed E-state index contributed by atoms with van der Waals surface area (Å²) >= 11 is 1.75. The van der Waals surface area contributed by atoms with E-state index in [-0.39, 0.29) is 28.6 Å². The van der Waals surface area contributed by atoms with E-state index in [9.17, 15) is 9.59 Å². The van der Waals surface area contributed by atoms with Crippen LogP contribution in [0.5, 0.6) is 0 Å². The molecule has 3 aliphatic rings. The number of nitrogens with zero attached hydrogens (tertiary/aromatic N) is 2. The van der Waals surface area contributed by atoms with Gasteiger partial charge in [0, 0.05) is 18.8 Å². The lowest BCUT2D eigenvalue weighted by molar-refractivity contribution is -0.140. The number of nitrogens with one attached hydrogen (secondary N) is 1. The number of likely N-dealkylation sites (tertiary alicyclic amines) is 1. The fraction of sp³-hybridized carbons (Fsp3) is 0.867. The topological polar surface area (TPSA) is 87.9 Å². The van der Waals surface area contributed by atoms with Crippen molar-refractivity contribution in [2.75, 3.05) is 45.1 Å². The van der Waals surface area contributed by atoms with Crippen molar-refractivity contribution >= 4 is 23.6 Å². The first-order valence-corrected chi connectivity index (χ1v) is 9.23. The van der Waals surface area contributed by atoms with Crippen LogP contribution in [0.25, 0.3) is 0 Å². The molecule has 3 N–H and O–H groups in total. The van der Waals surface area contributed by atoms with Crippen molar-refractivity contribution in [1.29, 1.82) is 0 Å². The van der Waals surface area contributed by atoms with Crippen molar-refractivity contribution in [1.82, 2.24) is 15.1 Å². The molecular weight excluding hydrogens is 316 g/mol. The van der Waals surface area contributed by atoms with Crippen molar-refractivity contribution in [3.8, 4) is 0 Å². The molecule has 23 heavy (non-hydrogen) atoms. The van der Waals surface area contributed by atoms with Crippen LogP contribution in [0.2, 0.25) is 0 Å². The van der Waals surface area contributed by atoms with Gasteiger partial charge in [-0.15, -0.1) is 11.8 Å². The molecule has 1 spiro atoms. The Balaban J connectivity index is 1.51. The van der Waals surface area contributed by atoms with Gasteiger partial charge in [0.2, 0.25) is 11.8 Å². The van der Waals surface area contributed by atoms with Crippen molar-refractivity contribution in [3.05, 3.63) is 0 Å². The van der Waals surface area contributed by atoms with Gasteiger partial charge in [-0.1, -0.05) is 13.8 Å². The Kier molecular flexibility index (Phi) is 4.87. The van der Waals surface area contributed by atoms with Gasteiger partial charge in [0.15, 0.2) is 0 Å². The number of hydrogen-bond donors (Lipinski definition) is 2. The van der Waals surface area contributed by atoms with Crippen molar-refractivity contribution in [2.45, 2.75) is 30.8 Å². The number of carbonyl (C=O) groups excluding carboxylic acids is 2. The molecule has 0 aliphatic carbocycles. The Labute approximate surface area is 141 Å². The molecule has 0 aromatic carbocycles. The SMILES string of the molecule is CC(C)[C@H](N)C(=O)N1CC2(C1)N[C@H](C(=O)N1CCOCC1)CS2. The molecule has 7 nitrogen and oxygen atoms in total. The lowest BCUT2D eigenvalue weighted by Gasteiger charge is -2.48. The minimum Gasteiger partial charge on any atom is -0.378 e. The third kappa shape index (κ3) is 3.35. The van der Waals surface area contributed by atoms with Crippen LogP contribution in [0.3, 0.4) is 0 Å². The highest BCUT2D eigenvalue weighted by Gasteiger charge is 2.52. The molecule has 0 unspecified atom stereocenters. The first-order valence-electron chi connectivity index (χ1n) is 8.24. The predicted octanol–water partition coefficient (Wildman–Crippen LogP) is -0.928. The zero-order valence-electron chi connectivity index (χ0n) is 13.8. The van der Waals surface area contributed by atoms with Crippen molar-refractivity contribution in [3.63, 3.8) is 0 Å². The van der Waals surface area contributed by atoms with E-state index >= 15 is 0 Å². The molecule has 2 amide bonds. The summed E-state index contributed by atoms with van der Waals surface area (Å²) in [5, 5.41) is 3.45. The molecule has 3 fully saturated rings. The van der Waals surface area contributed by atoms with Gasteiger partial charge in [0.1, 0.15) is 4.87 Å². The lowest BCUT2D eigenvalue weighted by atomic mass is 10.00. The summed E-state index contributed by atoms with van der Waals surface area (Å²) in [4.78, 5) is 28.3. The monoisotopic (exact) mass is 342 g/mol. The second kappa shape index (κ2) is 6.58. The first kappa shape index (κ1) is 17.0. The highest BCUT2D eigenvalue weighted by atomic mass is 32.2. The van der Waals surface area contributed by atoms with Crippen LogP contribution in [0, 0.1) is 5.92 Å². The summed E-state index contributed by atoms with van der Waals surface area (Å²) in [5.41, 5.74) is 5.94. The zero-order chi connectivity index (χ0) is 16.6. The maximum atomic E-state index is 12.5. The van der Waals surface area contributed by atoms with E-state index in [0.717, 1.165) is 5.75 Å². The maximum absolute atomic E-state index is 12.5. The molecule has 0 saturated carbocycles. The third-order valence-corrected chi connectivity index (χ3v) is 6.22. The number of rotatable bonds is 3. The van der Waals surface area contributed by atoms with Crippen LogP contribution < -0.4 is 11.1 Å². The summed E-state index contributed by atoms with van der Waals surface area (Å²) in [6, 6.07) is -0.598. The summed E-state index contributed by atoms with van der Waals surface area (Å²) in [5.74, 6) is 1.06. The van der Waals surface area contributed by atoms with E-state index in [1.807, 2.05) is 18.7 Å². The Morgan fingerprint density at radius 1 is 1.26 bits per heavy atom. The molecule has 2 atom stereocenters. The minimum absolute atomic E-state index is 0.0102. The Hall–Kier alpha value is -0.830. The molecule has 0 radical (unpaired) electrons. The summed E-state index contributed by atoms with van der Waals surface area (Å²) in [6.45, 7) is 7.74. The summed E-state index contributed by atoms with van der Waals surface area (Å²) < 4.78 is 5.29. The molecule has 3 saturated heterocycles. The fourth-order valence-corrected chi connectivity index (χ4v) is 4.62. The molecule has 3 aliphatic heterocycles. The Morgan fingerprint density at radius 2 is 1.91 bits per heavy atom. The Bertz CT molecular complexity index is 475. The number of morpholine rings is 1. The van der Waals surface area contributed by atoms with Gasteiger partial charge in [-0.2, -0.15) is 0 Å². The number of amides is 2. The number of hydrogen-bond acceptors (Lipinski definition) is 6.